The molecule has 3 aromatic rings. The lowest BCUT2D eigenvalue weighted by Crippen LogP contribution is -2.48. The Hall–Kier alpha value is -2.82. The van der Waals surface area contributed by atoms with E-state index in [0.29, 0.717) is 11.0 Å². The number of para-hydroxylation sites is 1. The summed E-state index contributed by atoms with van der Waals surface area (Å²) < 4.78 is 0. The molecule has 0 fully saturated rings. The van der Waals surface area contributed by atoms with Crippen LogP contribution in [0.3, 0.4) is 0 Å². The molecule has 0 spiro atoms. The molecule has 1 heterocycles. The summed E-state index contributed by atoms with van der Waals surface area (Å²) in [5, 5.41) is 0.687. The second-order valence-corrected chi connectivity index (χ2v) is 6.24. The highest BCUT2D eigenvalue weighted by Gasteiger charge is 2.32. The molecule has 4 nitrogen and oxygen atoms in total. The highest BCUT2D eigenvalue weighted by atomic mass is 35.5. The second kappa shape index (κ2) is 6.59. The van der Waals surface area contributed by atoms with Crippen molar-refractivity contribution in [1.82, 2.24) is 5.43 Å². The van der Waals surface area contributed by atoms with E-state index >= 15 is 0 Å². The smallest absolute Gasteiger partial charge is 0.219 e. The zero-order chi connectivity index (χ0) is 17.2. The zero-order valence-corrected chi connectivity index (χ0v) is 14.2. The molecule has 4 rings (SSSR count). The molecule has 0 saturated heterocycles. The fourth-order valence-corrected chi connectivity index (χ4v) is 3.38. The number of guanidine groups is 1. The number of aliphatic imine (C=N–C) groups is 1. The first-order valence-corrected chi connectivity index (χ1v) is 8.39. The van der Waals surface area contributed by atoms with Gasteiger partial charge in [0.1, 0.15) is 0 Å². The van der Waals surface area contributed by atoms with Gasteiger partial charge in [-0.1, -0.05) is 60.1 Å². The Labute approximate surface area is 151 Å². The summed E-state index contributed by atoms with van der Waals surface area (Å²) in [4.78, 5) is 6.78. The van der Waals surface area contributed by atoms with Crippen molar-refractivity contribution in [3.8, 4) is 0 Å². The van der Waals surface area contributed by atoms with Gasteiger partial charge < -0.3 is 0 Å². The number of nitrogens with zero attached hydrogens (tertiary/aromatic N) is 2. The molecule has 0 radical (unpaired) electrons. The molecule has 0 saturated carbocycles. The molecule has 124 valence electrons. The number of nitrogens with one attached hydrogen (secondary N) is 1. The molecule has 3 N–H and O–H groups in total. The van der Waals surface area contributed by atoms with Gasteiger partial charge in [0.2, 0.25) is 5.96 Å². The summed E-state index contributed by atoms with van der Waals surface area (Å²) in [6, 6.07) is 26.0. The normalized spacial score (nSPS) is 16.2. The SMILES string of the molecule is NNC1=Nc2ccc(Cl)cc2C(c2ccccc2)N1c1ccccc1. The predicted octanol–water partition coefficient (Wildman–Crippen LogP) is 4.40. The standard InChI is InChI=1S/C20H17ClN4/c21-15-11-12-18-17(13-15)19(14-7-3-1-4-8-14)25(20(23-18)24-22)16-9-5-2-6-10-16/h1-13,19H,22H2,(H,23,24). The minimum atomic E-state index is -0.0825. The maximum absolute atomic E-state index is 6.29. The molecule has 1 aliphatic rings. The molecule has 3 aromatic carbocycles. The van der Waals surface area contributed by atoms with Crippen molar-refractivity contribution < 1.29 is 0 Å². The van der Waals surface area contributed by atoms with Crippen molar-refractivity contribution in [2.45, 2.75) is 6.04 Å². The van der Waals surface area contributed by atoms with Crippen molar-refractivity contribution in [3.63, 3.8) is 0 Å². The lowest BCUT2D eigenvalue weighted by atomic mass is 9.94. The topological polar surface area (TPSA) is 53.6 Å². The molecule has 0 aromatic heterocycles. The zero-order valence-electron chi connectivity index (χ0n) is 13.4. The second-order valence-electron chi connectivity index (χ2n) is 5.80. The van der Waals surface area contributed by atoms with Crippen molar-refractivity contribution in [3.05, 3.63) is 95.0 Å². The third-order valence-electron chi connectivity index (χ3n) is 4.28. The van der Waals surface area contributed by atoms with Crippen LogP contribution in [-0.4, -0.2) is 5.96 Å². The van der Waals surface area contributed by atoms with Gasteiger partial charge in [0.05, 0.1) is 11.7 Å². The maximum Gasteiger partial charge on any atom is 0.219 e. The van der Waals surface area contributed by atoms with Gasteiger partial charge in [-0.15, -0.1) is 0 Å². The molecular weight excluding hydrogens is 332 g/mol. The Bertz CT molecular complexity index is 909. The monoisotopic (exact) mass is 348 g/mol. The van der Waals surface area contributed by atoms with Gasteiger partial charge in [-0.25, -0.2) is 10.8 Å². The van der Waals surface area contributed by atoms with Crippen LogP contribution in [0.2, 0.25) is 5.02 Å². The van der Waals surface area contributed by atoms with E-state index in [2.05, 4.69) is 27.5 Å². The molecular formula is C20H17ClN4. The van der Waals surface area contributed by atoms with E-state index in [1.807, 2.05) is 66.7 Å². The van der Waals surface area contributed by atoms with Gasteiger partial charge in [0, 0.05) is 16.3 Å². The van der Waals surface area contributed by atoms with E-state index in [-0.39, 0.29) is 6.04 Å². The van der Waals surface area contributed by atoms with Crippen LogP contribution < -0.4 is 16.2 Å². The van der Waals surface area contributed by atoms with E-state index in [1.165, 1.54) is 0 Å². The fraction of sp³-hybridized carbons (Fsp3) is 0.0500. The van der Waals surface area contributed by atoms with Crippen LogP contribution in [0.15, 0.2) is 83.9 Å². The van der Waals surface area contributed by atoms with Crippen LogP contribution in [0, 0.1) is 0 Å². The number of hydrogen-bond donors (Lipinski definition) is 2. The van der Waals surface area contributed by atoms with Crippen molar-refractivity contribution in [2.24, 2.45) is 10.8 Å². The lowest BCUT2D eigenvalue weighted by Gasteiger charge is -2.38. The Kier molecular flexibility index (Phi) is 4.14. The van der Waals surface area contributed by atoms with E-state index in [9.17, 15) is 0 Å². The fourth-order valence-electron chi connectivity index (χ4n) is 3.20. The van der Waals surface area contributed by atoms with Crippen LogP contribution >= 0.6 is 11.6 Å². The van der Waals surface area contributed by atoms with Crippen molar-refractivity contribution in [2.75, 3.05) is 4.90 Å². The average molecular weight is 349 g/mol. The maximum atomic E-state index is 6.29. The first-order valence-electron chi connectivity index (χ1n) is 8.02. The van der Waals surface area contributed by atoms with E-state index in [0.717, 1.165) is 22.5 Å². The Morgan fingerprint density at radius 1 is 0.920 bits per heavy atom. The van der Waals surface area contributed by atoms with Gasteiger partial charge >= 0.3 is 0 Å². The molecule has 0 aliphatic carbocycles. The summed E-state index contributed by atoms with van der Waals surface area (Å²) in [7, 11) is 0. The average Bonchev–Trinajstić information content (AvgIpc) is 2.68. The summed E-state index contributed by atoms with van der Waals surface area (Å²) in [5.74, 6) is 6.40. The quantitative estimate of drug-likeness (QED) is 0.533. The number of anilines is 1. The minimum absolute atomic E-state index is 0.0825. The Balaban J connectivity index is 1.97. The van der Waals surface area contributed by atoms with Crippen LogP contribution in [0.5, 0.6) is 0 Å². The Morgan fingerprint density at radius 2 is 1.60 bits per heavy atom. The van der Waals surface area contributed by atoms with Crippen LogP contribution in [0.25, 0.3) is 0 Å². The van der Waals surface area contributed by atoms with E-state index in [4.69, 9.17) is 17.4 Å². The number of fused-ring (bicyclic) bond motifs is 1. The third kappa shape index (κ3) is 2.86. The van der Waals surface area contributed by atoms with Crippen molar-refractivity contribution in [1.29, 1.82) is 0 Å². The minimum Gasteiger partial charge on any atom is -0.300 e. The molecule has 25 heavy (non-hydrogen) atoms. The number of hydrogen-bond acceptors (Lipinski definition) is 4. The molecule has 1 atom stereocenters. The first kappa shape index (κ1) is 15.7. The largest absolute Gasteiger partial charge is 0.300 e. The van der Waals surface area contributed by atoms with Gasteiger partial charge in [-0.2, -0.15) is 0 Å². The third-order valence-corrected chi connectivity index (χ3v) is 4.51. The molecule has 1 aliphatic heterocycles. The number of halogens is 1. The molecule has 0 bridgehead atoms. The van der Waals surface area contributed by atoms with E-state index < -0.39 is 0 Å². The van der Waals surface area contributed by atoms with E-state index in [1.54, 1.807) is 0 Å². The summed E-state index contributed by atoms with van der Waals surface area (Å²) >= 11 is 6.29. The first-order chi connectivity index (χ1) is 12.3. The van der Waals surface area contributed by atoms with Gasteiger partial charge in [0.25, 0.3) is 0 Å². The van der Waals surface area contributed by atoms with Crippen LogP contribution in [0.4, 0.5) is 11.4 Å². The lowest BCUT2D eigenvalue weighted by molar-refractivity contribution is 0.790. The predicted molar refractivity (Wildman–Crippen MR) is 103 cm³/mol. The van der Waals surface area contributed by atoms with Crippen LogP contribution in [0.1, 0.15) is 17.2 Å². The molecule has 1 unspecified atom stereocenters. The van der Waals surface area contributed by atoms with Gasteiger partial charge in [0.15, 0.2) is 0 Å². The number of hydrazine groups is 1. The summed E-state index contributed by atoms with van der Waals surface area (Å²) in [6.07, 6.45) is 0. The summed E-state index contributed by atoms with van der Waals surface area (Å²) in [5.41, 5.74) is 6.79. The number of rotatable bonds is 2. The highest BCUT2D eigenvalue weighted by molar-refractivity contribution is 6.30. The molecule has 5 heteroatoms. The Morgan fingerprint density at radius 3 is 2.28 bits per heavy atom. The number of benzene rings is 3. The summed E-state index contributed by atoms with van der Waals surface area (Å²) in [6.45, 7) is 0. The van der Waals surface area contributed by atoms with Gasteiger partial charge in [-0.3, -0.25) is 10.3 Å². The highest BCUT2D eigenvalue weighted by Crippen LogP contribution is 2.42. The van der Waals surface area contributed by atoms with Gasteiger partial charge in [-0.05, 0) is 35.9 Å². The number of nitrogens with two attached hydrogens (primary N) is 1. The van der Waals surface area contributed by atoms with Crippen molar-refractivity contribution >= 4 is 28.9 Å². The molecule has 0 amide bonds. The van der Waals surface area contributed by atoms with Crippen LogP contribution in [-0.2, 0) is 0 Å².